The molecule has 0 fully saturated rings. The van der Waals surface area contributed by atoms with E-state index >= 15 is 0 Å². The molecule has 0 amide bonds. The second-order valence-electron chi connectivity index (χ2n) is 3.01. The second kappa shape index (κ2) is 5.39. The van der Waals surface area contributed by atoms with E-state index in [2.05, 4.69) is 47.0 Å². The molecule has 0 atom stereocenters. The van der Waals surface area contributed by atoms with Crippen molar-refractivity contribution >= 4 is 11.5 Å². The minimum absolute atomic E-state index is 0.104. The summed E-state index contributed by atoms with van der Waals surface area (Å²) >= 11 is 0. The summed E-state index contributed by atoms with van der Waals surface area (Å²) in [4.78, 5) is 22.8. The van der Waals surface area contributed by atoms with Crippen molar-refractivity contribution in [3.8, 4) is 0 Å². The van der Waals surface area contributed by atoms with Crippen LogP contribution in [0.3, 0.4) is 0 Å². The molecule has 0 spiro atoms. The Labute approximate surface area is 102 Å². The monoisotopic (exact) mass is 243 g/mol. The van der Waals surface area contributed by atoms with Crippen LogP contribution >= 0.6 is 0 Å². The highest BCUT2D eigenvalue weighted by Crippen LogP contribution is 1.99. The van der Waals surface area contributed by atoms with Crippen molar-refractivity contribution in [2.24, 2.45) is 10.8 Å². The van der Waals surface area contributed by atoms with E-state index in [0.29, 0.717) is 11.5 Å². The molecule has 0 aromatic carbocycles. The summed E-state index contributed by atoms with van der Waals surface area (Å²) in [5, 5.41) is 3.86. The fourth-order valence-corrected chi connectivity index (χ4v) is 0.994. The second-order valence-corrected chi connectivity index (χ2v) is 3.01. The Hall–Kier alpha value is -2.97. The highest BCUT2D eigenvalue weighted by atomic mass is 15.3. The van der Waals surface area contributed by atoms with E-state index < -0.39 is 0 Å². The Bertz CT molecular complexity index is 551. The van der Waals surface area contributed by atoms with Crippen molar-refractivity contribution in [3.63, 3.8) is 0 Å². The fourth-order valence-electron chi connectivity index (χ4n) is 0.994. The van der Waals surface area contributed by atoms with Gasteiger partial charge < -0.3 is 5.73 Å². The van der Waals surface area contributed by atoms with Gasteiger partial charge in [-0.2, -0.15) is 5.10 Å². The van der Waals surface area contributed by atoms with Gasteiger partial charge in [0.15, 0.2) is 17.5 Å². The van der Waals surface area contributed by atoms with E-state index in [9.17, 15) is 0 Å². The van der Waals surface area contributed by atoms with Crippen LogP contribution in [0.5, 0.6) is 0 Å². The van der Waals surface area contributed by atoms with E-state index in [1.165, 1.54) is 25.3 Å². The molecule has 0 aliphatic rings. The van der Waals surface area contributed by atoms with Crippen molar-refractivity contribution in [2.45, 2.75) is 0 Å². The molecule has 0 saturated carbocycles. The Balaban J connectivity index is 2.05. The molecule has 90 valence electrons. The highest BCUT2D eigenvalue weighted by molar-refractivity contribution is 5.93. The van der Waals surface area contributed by atoms with Crippen molar-refractivity contribution < 1.29 is 0 Å². The van der Waals surface area contributed by atoms with Gasteiger partial charge in [0.25, 0.3) is 0 Å². The van der Waals surface area contributed by atoms with Gasteiger partial charge in [-0.05, 0) is 0 Å². The van der Waals surface area contributed by atoms with Crippen molar-refractivity contribution in [1.82, 2.24) is 35.3 Å². The van der Waals surface area contributed by atoms with Gasteiger partial charge in [-0.3, -0.25) is 5.43 Å². The Morgan fingerprint density at radius 2 is 1.50 bits per heavy atom. The maximum atomic E-state index is 5.66. The molecule has 9 nitrogen and oxygen atoms in total. The average Bonchev–Trinajstić information content (AvgIpc) is 2.46. The molecule has 2 aromatic heterocycles. The van der Waals surface area contributed by atoms with Crippen LogP contribution in [0.4, 0.5) is 0 Å². The van der Waals surface area contributed by atoms with Crippen LogP contribution < -0.4 is 11.2 Å². The van der Waals surface area contributed by atoms with Gasteiger partial charge in [-0.15, -0.1) is 0 Å². The lowest BCUT2D eigenvalue weighted by Crippen LogP contribution is -2.21. The number of hydrazone groups is 1. The molecule has 0 unspecified atom stereocenters. The molecule has 2 rings (SSSR count). The molecule has 0 aliphatic heterocycles. The Kier molecular flexibility index (Phi) is 3.45. The predicted octanol–water partition coefficient (Wildman–Crippen LogP) is -1.06. The molecule has 0 saturated heterocycles. The van der Waals surface area contributed by atoms with Crippen LogP contribution in [0, 0.1) is 0 Å². The number of rotatable bonds is 4. The lowest BCUT2D eigenvalue weighted by molar-refractivity contribution is 0.922. The van der Waals surface area contributed by atoms with E-state index in [1.54, 1.807) is 0 Å². The van der Waals surface area contributed by atoms with Crippen LogP contribution in [-0.2, 0) is 0 Å². The average molecular weight is 243 g/mol. The van der Waals surface area contributed by atoms with Crippen LogP contribution in [0.25, 0.3) is 5.70 Å². The lowest BCUT2D eigenvalue weighted by Gasteiger charge is -2.03. The van der Waals surface area contributed by atoms with Gasteiger partial charge in [0.2, 0.25) is 0 Å². The molecule has 18 heavy (non-hydrogen) atoms. The zero-order valence-corrected chi connectivity index (χ0v) is 9.22. The molecule has 3 N–H and O–H groups in total. The maximum absolute atomic E-state index is 5.66. The zero-order chi connectivity index (χ0) is 12.8. The first kappa shape index (κ1) is 11.5. The van der Waals surface area contributed by atoms with E-state index in [1.807, 2.05) is 0 Å². The van der Waals surface area contributed by atoms with Crippen LogP contribution in [-0.4, -0.2) is 35.7 Å². The van der Waals surface area contributed by atoms with Crippen LogP contribution in [0.15, 0.2) is 37.0 Å². The summed E-state index contributed by atoms with van der Waals surface area (Å²) in [5.74, 6) is 0.741. The third-order valence-corrected chi connectivity index (χ3v) is 1.80. The maximum Gasteiger partial charge on any atom is 0.199 e. The minimum atomic E-state index is 0.104. The SMILES string of the molecule is C=C(N/N=C(\N)c1ncncn1)c1ncncn1. The van der Waals surface area contributed by atoms with Gasteiger partial charge in [0, 0.05) is 0 Å². The summed E-state index contributed by atoms with van der Waals surface area (Å²) in [6, 6.07) is 0. The van der Waals surface area contributed by atoms with E-state index in [0.717, 1.165) is 0 Å². The molecular weight excluding hydrogens is 234 g/mol. The Morgan fingerprint density at radius 1 is 1.00 bits per heavy atom. The lowest BCUT2D eigenvalue weighted by atomic mass is 10.5. The number of amidine groups is 1. The summed E-state index contributed by atoms with van der Waals surface area (Å²) in [7, 11) is 0. The summed E-state index contributed by atoms with van der Waals surface area (Å²) in [6.45, 7) is 3.71. The minimum Gasteiger partial charge on any atom is -0.379 e. The quantitative estimate of drug-likeness (QED) is 0.395. The van der Waals surface area contributed by atoms with Gasteiger partial charge >= 0.3 is 0 Å². The summed E-state index contributed by atoms with van der Waals surface area (Å²) < 4.78 is 0. The fraction of sp³-hybridized carbons (Fsp3) is 0. The third kappa shape index (κ3) is 2.78. The van der Waals surface area contributed by atoms with E-state index in [-0.39, 0.29) is 11.7 Å². The highest BCUT2D eigenvalue weighted by Gasteiger charge is 2.03. The van der Waals surface area contributed by atoms with Gasteiger partial charge in [-0.1, -0.05) is 6.58 Å². The van der Waals surface area contributed by atoms with Gasteiger partial charge in [0.05, 0.1) is 5.70 Å². The number of nitrogens with one attached hydrogen (secondary N) is 1. The topological polar surface area (TPSA) is 128 Å². The van der Waals surface area contributed by atoms with Crippen molar-refractivity contribution in [2.75, 3.05) is 0 Å². The van der Waals surface area contributed by atoms with Crippen LogP contribution in [0.2, 0.25) is 0 Å². The summed E-state index contributed by atoms with van der Waals surface area (Å²) in [5.41, 5.74) is 8.66. The molecular formula is C9H9N9. The molecule has 9 heteroatoms. The number of nitrogens with two attached hydrogens (primary N) is 1. The zero-order valence-electron chi connectivity index (χ0n) is 9.22. The molecule has 0 radical (unpaired) electrons. The molecule has 2 aromatic rings. The number of nitrogens with zero attached hydrogens (tertiary/aromatic N) is 7. The molecule has 0 bridgehead atoms. The number of hydrogen-bond donors (Lipinski definition) is 2. The molecule has 0 aliphatic carbocycles. The predicted molar refractivity (Wildman–Crippen MR) is 62.5 cm³/mol. The van der Waals surface area contributed by atoms with Gasteiger partial charge in [-0.25, -0.2) is 29.9 Å². The van der Waals surface area contributed by atoms with E-state index in [4.69, 9.17) is 5.73 Å². The first-order chi connectivity index (χ1) is 8.77. The van der Waals surface area contributed by atoms with Crippen LogP contribution in [0.1, 0.15) is 11.6 Å². The normalized spacial score (nSPS) is 11.0. The number of hydrogen-bond acceptors (Lipinski definition) is 8. The number of aromatic nitrogens is 6. The Morgan fingerprint density at radius 3 is 2.06 bits per heavy atom. The smallest absolute Gasteiger partial charge is 0.199 e. The van der Waals surface area contributed by atoms with Crippen molar-refractivity contribution in [3.05, 3.63) is 43.5 Å². The third-order valence-electron chi connectivity index (χ3n) is 1.80. The van der Waals surface area contributed by atoms with Crippen molar-refractivity contribution in [1.29, 1.82) is 0 Å². The summed E-state index contributed by atoms with van der Waals surface area (Å²) in [6.07, 6.45) is 5.36. The molecule has 2 heterocycles. The first-order valence-electron chi connectivity index (χ1n) is 4.80. The first-order valence-corrected chi connectivity index (χ1v) is 4.80. The standard InChI is InChI=1S/C9H9N9/c1-6(8-13-2-11-3-14-8)17-18-7(10)9-15-4-12-5-16-9/h2-5,17H,1H2,(H2,10,18). The largest absolute Gasteiger partial charge is 0.379 e. The van der Waals surface area contributed by atoms with Gasteiger partial charge in [0.1, 0.15) is 25.3 Å².